The number of aliphatic hydroxyl groups excluding tert-OH is 1. The van der Waals surface area contributed by atoms with Gasteiger partial charge in [-0.3, -0.25) is 0 Å². The van der Waals surface area contributed by atoms with Crippen LogP contribution in [0.3, 0.4) is 0 Å². The van der Waals surface area contributed by atoms with Crippen LogP contribution in [0.25, 0.3) is 22.4 Å². The third-order valence-electron chi connectivity index (χ3n) is 6.50. The van der Waals surface area contributed by atoms with Gasteiger partial charge in [-0.15, -0.1) is 4.52 Å². The fourth-order valence-corrected chi connectivity index (χ4v) is 5.25. The Morgan fingerprint density at radius 3 is 2.36 bits per heavy atom. The van der Waals surface area contributed by atoms with E-state index in [1.165, 1.54) is 26.2 Å². The fraction of sp³-hybridized carbons (Fsp3) is 0.286. The minimum atomic E-state index is -2.69. The van der Waals surface area contributed by atoms with Crippen molar-refractivity contribution in [3.8, 4) is 28.1 Å². The van der Waals surface area contributed by atoms with E-state index in [2.05, 4.69) is 6.58 Å². The van der Waals surface area contributed by atoms with Crippen molar-refractivity contribution in [1.29, 1.82) is 0 Å². The summed E-state index contributed by atoms with van der Waals surface area (Å²) in [6.07, 6.45) is 1.44. The quantitative estimate of drug-likeness (QED) is 0.206. The third-order valence-corrected chi connectivity index (χ3v) is 8.18. The lowest BCUT2D eigenvalue weighted by atomic mass is 9.93. The van der Waals surface area contributed by atoms with Gasteiger partial charge in [0.25, 0.3) is 0 Å². The maximum absolute atomic E-state index is 13.8. The van der Waals surface area contributed by atoms with E-state index < -0.39 is 31.1 Å². The van der Waals surface area contributed by atoms with Gasteiger partial charge in [0, 0.05) is 17.0 Å². The molecule has 1 aliphatic rings. The molecule has 8 heteroatoms. The van der Waals surface area contributed by atoms with Crippen molar-refractivity contribution in [3.63, 3.8) is 0 Å². The highest BCUT2D eigenvalue weighted by atomic mass is 31.1. The topological polar surface area (TPSA) is 85.7 Å². The van der Waals surface area contributed by atoms with Crippen LogP contribution in [0.5, 0.6) is 5.75 Å². The second-order valence-corrected chi connectivity index (χ2v) is 10.5. The summed E-state index contributed by atoms with van der Waals surface area (Å²) in [5.41, 5.74) is 4.15. The number of hydrogen-bond acceptors (Lipinski definition) is 6. The van der Waals surface area contributed by atoms with E-state index in [9.17, 15) is 18.9 Å². The number of nitrogens with zero attached hydrogens (tertiary/aromatic N) is 1. The van der Waals surface area contributed by atoms with Crippen LogP contribution in [0, 0.1) is 12.7 Å². The molecule has 1 aliphatic carbocycles. The number of esters is 1. The van der Waals surface area contributed by atoms with Crippen LogP contribution in [0.15, 0.2) is 67.3 Å². The Labute approximate surface area is 210 Å². The number of carbonyl (C=O) groups excluding carboxylic acids is 1. The zero-order valence-electron chi connectivity index (χ0n) is 20.4. The Kier molecular flexibility index (Phi) is 7.46. The Morgan fingerprint density at radius 2 is 1.83 bits per heavy atom. The first kappa shape index (κ1) is 25.8. The number of pyridine rings is 1. The van der Waals surface area contributed by atoms with E-state index >= 15 is 0 Å². The zero-order chi connectivity index (χ0) is 26.0. The van der Waals surface area contributed by atoms with E-state index in [4.69, 9.17) is 14.2 Å². The van der Waals surface area contributed by atoms with E-state index in [1.807, 2.05) is 37.3 Å². The van der Waals surface area contributed by atoms with Crippen molar-refractivity contribution in [2.45, 2.75) is 43.9 Å². The molecule has 0 spiro atoms. The van der Waals surface area contributed by atoms with Gasteiger partial charge in [0.1, 0.15) is 11.9 Å². The molecule has 3 aromatic rings. The average Bonchev–Trinajstić information content (AvgIpc) is 3.71. The number of carbonyl (C=O) groups is 1. The van der Waals surface area contributed by atoms with Crippen molar-refractivity contribution >= 4 is 14.0 Å². The van der Waals surface area contributed by atoms with Crippen LogP contribution in [0.1, 0.15) is 36.9 Å². The smallest absolute Gasteiger partial charge is 0.420 e. The molecule has 186 valence electrons. The fourth-order valence-electron chi connectivity index (χ4n) is 4.30. The van der Waals surface area contributed by atoms with Crippen LogP contribution in [0.4, 0.5) is 4.39 Å². The summed E-state index contributed by atoms with van der Waals surface area (Å²) in [6.45, 7) is 6.84. The van der Waals surface area contributed by atoms with Crippen molar-refractivity contribution < 1.29 is 28.1 Å². The van der Waals surface area contributed by atoms with Crippen LogP contribution >= 0.6 is 8.03 Å². The zero-order valence-corrected chi connectivity index (χ0v) is 21.3. The number of aliphatic hydroxyl groups is 1. The molecule has 0 radical (unpaired) electrons. The van der Waals surface area contributed by atoms with Gasteiger partial charge < -0.3 is 9.84 Å². The number of ether oxygens (including phenoxy) is 1. The maximum Gasteiger partial charge on any atom is 0.533 e. The van der Waals surface area contributed by atoms with Crippen molar-refractivity contribution in [2.24, 2.45) is 0 Å². The summed E-state index contributed by atoms with van der Waals surface area (Å²) in [6, 6.07) is 15.6. The summed E-state index contributed by atoms with van der Waals surface area (Å²) in [7, 11) is -1.50. The predicted octanol–water partition coefficient (Wildman–Crippen LogP) is 6.34. The van der Waals surface area contributed by atoms with Crippen molar-refractivity contribution in [3.05, 3.63) is 84.3 Å². The van der Waals surface area contributed by atoms with Gasteiger partial charge in [-0.05, 0) is 60.6 Å². The monoisotopic (exact) mass is 508 g/mol. The van der Waals surface area contributed by atoms with Gasteiger partial charge in [0.15, 0.2) is 5.75 Å². The molecule has 4 rings (SSSR count). The Bertz CT molecular complexity index is 1310. The minimum Gasteiger partial charge on any atom is -0.420 e. The molecule has 6 nitrogen and oxygen atoms in total. The van der Waals surface area contributed by atoms with Crippen LogP contribution in [0.2, 0.25) is 0 Å². The van der Waals surface area contributed by atoms with Gasteiger partial charge in [-0.1, -0.05) is 49.0 Å². The lowest BCUT2D eigenvalue weighted by molar-refractivity contribution is -0.138. The first-order valence-corrected chi connectivity index (χ1v) is 12.8. The Morgan fingerprint density at radius 1 is 1.19 bits per heavy atom. The molecular formula is C28H28FNO5P+. The highest BCUT2D eigenvalue weighted by Gasteiger charge is 2.61. The second kappa shape index (κ2) is 10.4. The minimum absolute atomic E-state index is 0.0657. The molecule has 1 fully saturated rings. The molecule has 1 saturated carbocycles. The van der Waals surface area contributed by atoms with E-state index in [0.717, 1.165) is 35.7 Å². The Balaban J connectivity index is 1.97. The molecule has 3 unspecified atom stereocenters. The average molecular weight is 509 g/mol. The molecule has 0 bridgehead atoms. The highest BCUT2D eigenvalue weighted by Crippen LogP contribution is 2.51. The summed E-state index contributed by atoms with van der Waals surface area (Å²) in [5, 5.41) is 8.49. The Hall–Kier alpha value is -3.25. The van der Waals surface area contributed by atoms with E-state index in [1.54, 1.807) is 12.1 Å². The largest absolute Gasteiger partial charge is 0.533 e. The number of benzene rings is 2. The number of halogens is 1. The first-order chi connectivity index (χ1) is 17.2. The molecule has 2 aromatic carbocycles. The van der Waals surface area contributed by atoms with Crippen molar-refractivity contribution in [2.75, 3.05) is 7.11 Å². The van der Waals surface area contributed by atoms with Gasteiger partial charge in [0.2, 0.25) is 0 Å². The summed E-state index contributed by atoms with van der Waals surface area (Å²) in [4.78, 5) is 18.5. The van der Waals surface area contributed by atoms with Crippen LogP contribution in [-0.2, 0) is 13.9 Å². The standard InChI is InChI=1S/C28H28FNO5P/c1-5-28(18(3)31,36(33)34-4)27(32)35-26-23(19-13-15-22(29)16-14-19)17(2)24(20-9-7-6-8-10-20)30-25(26)21-11-12-21/h5-10,13-16,18,21,31H,1,11-12H2,2-4H3/q+1. The summed E-state index contributed by atoms with van der Waals surface area (Å²) in [5.74, 6) is -1.09. The molecule has 0 saturated heterocycles. The van der Waals surface area contributed by atoms with E-state index in [-0.39, 0.29) is 11.7 Å². The molecule has 1 N–H and O–H groups in total. The molecular weight excluding hydrogens is 480 g/mol. The first-order valence-electron chi connectivity index (χ1n) is 11.7. The lowest BCUT2D eigenvalue weighted by Gasteiger charge is -2.23. The summed E-state index contributed by atoms with van der Waals surface area (Å²) < 4.78 is 37.6. The number of rotatable bonds is 9. The molecule has 1 heterocycles. The number of hydrogen-bond donors (Lipinski definition) is 1. The van der Waals surface area contributed by atoms with Crippen LogP contribution in [-0.4, -0.2) is 34.4 Å². The molecule has 36 heavy (non-hydrogen) atoms. The molecule has 3 atom stereocenters. The van der Waals surface area contributed by atoms with Gasteiger partial charge in [-0.25, -0.2) is 14.2 Å². The van der Waals surface area contributed by atoms with Gasteiger partial charge in [0.05, 0.1) is 18.5 Å². The van der Waals surface area contributed by atoms with Gasteiger partial charge >= 0.3 is 19.2 Å². The molecule has 0 aliphatic heterocycles. The van der Waals surface area contributed by atoms with E-state index in [0.29, 0.717) is 16.8 Å². The third kappa shape index (κ3) is 4.62. The normalized spacial score (nSPS) is 16.1. The van der Waals surface area contributed by atoms with Crippen LogP contribution < -0.4 is 4.74 Å². The molecule has 0 amide bonds. The highest BCUT2D eigenvalue weighted by molar-refractivity contribution is 7.43. The SMILES string of the molecule is C=CC(C(=O)Oc1c(C2CC2)nc(-c2ccccc2)c(C)c1-c1ccc(F)cc1)(C(C)O)[P+](=O)OC. The number of aromatic nitrogens is 1. The van der Waals surface area contributed by atoms with Gasteiger partial charge in [-0.2, -0.15) is 0 Å². The maximum atomic E-state index is 13.8. The molecule has 1 aromatic heterocycles. The lowest BCUT2D eigenvalue weighted by Crippen LogP contribution is -2.46. The second-order valence-electron chi connectivity index (χ2n) is 8.86. The van der Waals surface area contributed by atoms with Crippen molar-refractivity contribution in [1.82, 2.24) is 4.98 Å². The predicted molar refractivity (Wildman–Crippen MR) is 137 cm³/mol. The summed E-state index contributed by atoms with van der Waals surface area (Å²) >= 11 is 0.